The SMILES string of the molecule is NCc1ccc(S(=O)(=O)NC(=O)c2cc3ccc(Br)cc3o2)cc1. The first-order valence-electron chi connectivity index (χ1n) is 6.94. The largest absolute Gasteiger partial charge is 0.451 e. The van der Waals surface area contributed by atoms with Crippen molar-refractivity contribution in [3.05, 3.63) is 64.3 Å². The molecular formula is C16H13BrN2O4S. The van der Waals surface area contributed by atoms with Crippen LogP contribution in [0.5, 0.6) is 0 Å². The Morgan fingerprint density at radius 1 is 1.12 bits per heavy atom. The zero-order valence-corrected chi connectivity index (χ0v) is 14.7. The minimum atomic E-state index is -3.99. The Morgan fingerprint density at radius 2 is 1.83 bits per heavy atom. The van der Waals surface area contributed by atoms with Crippen molar-refractivity contribution in [2.24, 2.45) is 5.73 Å². The third kappa shape index (κ3) is 3.35. The van der Waals surface area contributed by atoms with Crippen LogP contribution in [0.2, 0.25) is 0 Å². The molecule has 8 heteroatoms. The van der Waals surface area contributed by atoms with E-state index < -0.39 is 15.9 Å². The predicted molar refractivity (Wildman–Crippen MR) is 92.9 cm³/mol. The fourth-order valence-corrected chi connectivity index (χ4v) is 3.45. The lowest BCUT2D eigenvalue weighted by Crippen LogP contribution is -2.30. The molecule has 2 aromatic carbocycles. The molecule has 3 aromatic rings. The summed E-state index contributed by atoms with van der Waals surface area (Å²) in [5.74, 6) is -0.907. The van der Waals surface area contributed by atoms with Crippen LogP contribution in [-0.2, 0) is 16.6 Å². The zero-order chi connectivity index (χ0) is 17.3. The van der Waals surface area contributed by atoms with Gasteiger partial charge in [-0.05, 0) is 42.0 Å². The first-order valence-corrected chi connectivity index (χ1v) is 9.22. The molecule has 0 aliphatic carbocycles. The smallest absolute Gasteiger partial charge is 0.300 e. The molecule has 0 aliphatic rings. The number of hydrogen-bond donors (Lipinski definition) is 2. The summed E-state index contributed by atoms with van der Waals surface area (Å²) in [5, 5.41) is 0.702. The van der Waals surface area contributed by atoms with Crippen molar-refractivity contribution in [3.8, 4) is 0 Å². The number of hydrogen-bond acceptors (Lipinski definition) is 5. The van der Waals surface area contributed by atoms with E-state index in [0.717, 1.165) is 10.0 Å². The Balaban J connectivity index is 1.86. The average molecular weight is 409 g/mol. The molecule has 0 fully saturated rings. The molecule has 24 heavy (non-hydrogen) atoms. The number of fused-ring (bicyclic) bond motifs is 1. The van der Waals surface area contributed by atoms with Gasteiger partial charge < -0.3 is 10.2 Å². The lowest BCUT2D eigenvalue weighted by atomic mass is 10.2. The lowest BCUT2D eigenvalue weighted by Gasteiger charge is -2.06. The maximum Gasteiger partial charge on any atom is 0.300 e. The fraction of sp³-hybridized carbons (Fsp3) is 0.0625. The van der Waals surface area contributed by atoms with Crippen LogP contribution in [-0.4, -0.2) is 14.3 Å². The molecule has 3 rings (SSSR count). The normalized spacial score (nSPS) is 11.6. The van der Waals surface area contributed by atoms with Gasteiger partial charge in [0.1, 0.15) is 5.58 Å². The summed E-state index contributed by atoms with van der Waals surface area (Å²) in [6.45, 7) is 0.307. The van der Waals surface area contributed by atoms with Gasteiger partial charge in [0.15, 0.2) is 5.76 Å². The molecule has 0 saturated carbocycles. The van der Waals surface area contributed by atoms with Crippen LogP contribution in [0.1, 0.15) is 16.1 Å². The van der Waals surface area contributed by atoms with Gasteiger partial charge in [0.2, 0.25) is 0 Å². The number of rotatable bonds is 4. The van der Waals surface area contributed by atoms with Crippen LogP contribution in [0.25, 0.3) is 11.0 Å². The molecule has 6 nitrogen and oxygen atoms in total. The van der Waals surface area contributed by atoms with E-state index in [1.165, 1.54) is 18.2 Å². The second-order valence-electron chi connectivity index (χ2n) is 5.08. The summed E-state index contributed by atoms with van der Waals surface area (Å²) in [7, 11) is -3.99. The van der Waals surface area contributed by atoms with Crippen molar-refractivity contribution in [3.63, 3.8) is 0 Å². The highest BCUT2D eigenvalue weighted by Crippen LogP contribution is 2.23. The molecule has 0 radical (unpaired) electrons. The van der Waals surface area contributed by atoms with Crippen LogP contribution in [0.3, 0.4) is 0 Å². The molecular weight excluding hydrogens is 396 g/mol. The van der Waals surface area contributed by atoms with Crippen molar-refractivity contribution in [2.75, 3.05) is 0 Å². The van der Waals surface area contributed by atoms with E-state index in [-0.39, 0.29) is 10.7 Å². The summed E-state index contributed by atoms with van der Waals surface area (Å²) in [6.07, 6.45) is 0. The van der Waals surface area contributed by atoms with Gasteiger partial charge in [0.25, 0.3) is 10.0 Å². The first-order chi connectivity index (χ1) is 11.4. The van der Waals surface area contributed by atoms with Gasteiger partial charge in [-0.15, -0.1) is 0 Å². The Bertz CT molecular complexity index is 1010. The van der Waals surface area contributed by atoms with Gasteiger partial charge in [0.05, 0.1) is 4.90 Å². The van der Waals surface area contributed by atoms with Crippen molar-refractivity contribution in [1.82, 2.24) is 4.72 Å². The second-order valence-corrected chi connectivity index (χ2v) is 7.67. The van der Waals surface area contributed by atoms with Crippen LogP contribution in [0.4, 0.5) is 0 Å². The van der Waals surface area contributed by atoms with E-state index in [0.29, 0.717) is 17.5 Å². The highest BCUT2D eigenvalue weighted by Gasteiger charge is 2.21. The zero-order valence-electron chi connectivity index (χ0n) is 12.3. The maximum atomic E-state index is 12.3. The van der Waals surface area contributed by atoms with Gasteiger partial charge in [0, 0.05) is 16.4 Å². The summed E-state index contributed by atoms with van der Waals surface area (Å²) in [4.78, 5) is 12.2. The van der Waals surface area contributed by atoms with Gasteiger partial charge in [-0.2, -0.15) is 0 Å². The first kappa shape index (κ1) is 16.7. The average Bonchev–Trinajstić information content (AvgIpc) is 2.98. The number of carbonyl (C=O) groups is 1. The second kappa shape index (κ2) is 6.39. The monoisotopic (exact) mass is 408 g/mol. The summed E-state index contributed by atoms with van der Waals surface area (Å²) in [6, 6.07) is 12.7. The summed E-state index contributed by atoms with van der Waals surface area (Å²) < 4.78 is 32.7. The van der Waals surface area contributed by atoms with E-state index in [9.17, 15) is 13.2 Å². The minimum absolute atomic E-state index is 0.0214. The number of halogens is 1. The Labute approximate surface area is 146 Å². The van der Waals surface area contributed by atoms with E-state index in [2.05, 4.69) is 15.9 Å². The Hall–Kier alpha value is -2.16. The maximum absolute atomic E-state index is 12.3. The van der Waals surface area contributed by atoms with Crippen molar-refractivity contribution in [2.45, 2.75) is 11.4 Å². The number of sulfonamides is 1. The summed E-state index contributed by atoms with van der Waals surface area (Å²) >= 11 is 3.30. The van der Waals surface area contributed by atoms with Crippen molar-refractivity contribution >= 4 is 42.8 Å². The quantitative estimate of drug-likeness (QED) is 0.690. The number of carbonyl (C=O) groups excluding carboxylic acids is 1. The van der Waals surface area contributed by atoms with Gasteiger partial charge in [-0.25, -0.2) is 13.1 Å². The molecule has 0 spiro atoms. The molecule has 1 heterocycles. The molecule has 1 amide bonds. The van der Waals surface area contributed by atoms with E-state index in [1.54, 1.807) is 30.3 Å². The van der Waals surface area contributed by atoms with Crippen molar-refractivity contribution in [1.29, 1.82) is 0 Å². The third-order valence-electron chi connectivity index (χ3n) is 3.40. The summed E-state index contributed by atoms with van der Waals surface area (Å²) in [5.41, 5.74) is 6.76. The predicted octanol–water partition coefficient (Wildman–Crippen LogP) is 2.77. The molecule has 0 saturated heterocycles. The van der Waals surface area contributed by atoms with Gasteiger partial charge in [-0.3, -0.25) is 4.79 Å². The van der Waals surface area contributed by atoms with E-state index in [1.807, 2.05) is 4.72 Å². The highest BCUT2D eigenvalue weighted by atomic mass is 79.9. The topological polar surface area (TPSA) is 102 Å². The minimum Gasteiger partial charge on any atom is -0.451 e. The van der Waals surface area contributed by atoms with Gasteiger partial charge in [-0.1, -0.05) is 28.1 Å². The standard InChI is InChI=1S/C16H13BrN2O4S/c17-12-4-3-11-7-15(23-14(11)8-12)16(20)19-24(21,22)13-5-1-10(9-18)2-6-13/h1-8H,9,18H2,(H,19,20). The van der Waals surface area contributed by atoms with Crippen LogP contribution < -0.4 is 10.5 Å². The number of furan rings is 1. The number of nitrogens with two attached hydrogens (primary N) is 1. The lowest BCUT2D eigenvalue weighted by molar-refractivity contribution is 0.0956. The molecule has 0 bridgehead atoms. The number of amides is 1. The van der Waals surface area contributed by atoms with E-state index in [4.69, 9.17) is 10.2 Å². The molecule has 0 unspecified atom stereocenters. The Kier molecular flexibility index (Phi) is 4.44. The highest BCUT2D eigenvalue weighted by molar-refractivity contribution is 9.10. The van der Waals surface area contributed by atoms with Crippen LogP contribution in [0.15, 0.2) is 62.3 Å². The molecule has 0 atom stereocenters. The molecule has 124 valence electrons. The molecule has 1 aromatic heterocycles. The van der Waals surface area contributed by atoms with E-state index >= 15 is 0 Å². The van der Waals surface area contributed by atoms with Crippen molar-refractivity contribution < 1.29 is 17.6 Å². The van der Waals surface area contributed by atoms with Crippen LogP contribution >= 0.6 is 15.9 Å². The molecule has 0 aliphatic heterocycles. The molecule has 3 N–H and O–H groups in total. The third-order valence-corrected chi connectivity index (χ3v) is 5.24. The van der Waals surface area contributed by atoms with Crippen LogP contribution in [0, 0.1) is 0 Å². The number of benzene rings is 2. The van der Waals surface area contributed by atoms with Gasteiger partial charge >= 0.3 is 5.91 Å². The Morgan fingerprint density at radius 3 is 2.50 bits per heavy atom. The number of nitrogens with one attached hydrogen (secondary N) is 1. The fourth-order valence-electron chi connectivity index (χ4n) is 2.15.